The summed E-state index contributed by atoms with van der Waals surface area (Å²) in [6.45, 7) is 0.135. The van der Waals surface area contributed by atoms with Crippen molar-refractivity contribution in [1.29, 1.82) is 0 Å². The number of rotatable bonds is 4. The van der Waals surface area contributed by atoms with E-state index < -0.39 is 17.6 Å². The molecule has 0 aliphatic rings. The van der Waals surface area contributed by atoms with Crippen molar-refractivity contribution in [2.75, 3.05) is 6.54 Å². The van der Waals surface area contributed by atoms with Crippen LogP contribution in [0.25, 0.3) is 11.1 Å². The Hall–Kier alpha value is -2.24. The first-order valence-electron chi connectivity index (χ1n) is 6.94. The summed E-state index contributed by atoms with van der Waals surface area (Å²) in [5, 5.41) is 4.59. The molecule has 0 fully saturated rings. The molecule has 3 nitrogen and oxygen atoms in total. The van der Waals surface area contributed by atoms with Gasteiger partial charge in [-0.05, 0) is 35.4 Å². The second-order valence-corrected chi connectivity index (χ2v) is 5.55. The van der Waals surface area contributed by atoms with E-state index in [1.165, 1.54) is 18.4 Å². The highest BCUT2D eigenvalue weighted by atomic mass is 35.5. The number of aromatic nitrogens is 1. The number of nitrogens with zero attached hydrogens (tertiary/aromatic N) is 1. The second-order valence-electron chi connectivity index (χ2n) is 5.11. The Labute approximate surface area is 136 Å². The number of halogens is 3. The van der Waals surface area contributed by atoms with E-state index >= 15 is 0 Å². The Morgan fingerprint density at radius 2 is 1.74 bits per heavy atom. The zero-order valence-corrected chi connectivity index (χ0v) is 12.7. The van der Waals surface area contributed by atoms with Gasteiger partial charge in [0, 0.05) is 29.1 Å². The van der Waals surface area contributed by atoms with Gasteiger partial charge in [0.25, 0.3) is 0 Å². The van der Waals surface area contributed by atoms with Crippen LogP contribution in [0.15, 0.2) is 53.3 Å². The van der Waals surface area contributed by atoms with Gasteiger partial charge in [0.05, 0.1) is 0 Å². The second kappa shape index (κ2) is 6.48. The van der Waals surface area contributed by atoms with Gasteiger partial charge in [0.2, 0.25) is 0 Å². The van der Waals surface area contributed by atoms with Gasteiger partial charge < -0.3 is 10.3 Å². The van der Waals surface area contributed by atoms with Crippen molar-refractivity contribution in [3.63, 3.8) is 0 Å². The van der Waals surface area contributed by atoms with Crippen molar-refractivity contribution in [2.24, 2.45) is 5.73 Å². The molecule has 1 heterocycles. The molecule has 0 saturated heterocycles. The van der Waals surface area contributed by atoms with Gasteiger partial charge in [-0.15, -0.1) is 0 Å². The Morgan fingerprint density at radius 3 is 2.35 bits per heavy atom. The van der Waals surface area contributed by atoms with E-state index in [1.54, 1.807) is 12.1 Å². The highest BCUT2D eigenvalue weighted by molar-refractivity contribution is 6.30. The molecule has 0 unspecified atom stereocenters. The van der Waals surface area contributed by atoms with Crippen LogP contribution in [-0.4, -0.2) is 11.7 Å². The number of nitrogens with two attached hydrogens (primary N) is 1. The predicted molar refractivity (Wildman–Crippen MR) is 84.2 cm³/mol. The summed E-state index contributed by atoms with van der Waals surface area (Å²) in [6.07, 6.45) is 1.48. The van der Waals surface area contributed by atoms with Crippen LogP contribution in [0.3, 0.4) is 0 Å². The summed E-state index contributed by atoms with van der Waals surface area (Å²) in [4.78, 5) is 0. The fourth-order valence-corrected chi connectivity index (χ4v) is 2.65. The minimum atomic E-state index is -0.657. The van der Waals surface area contributed by atoms with Gasteiger partial charge in [-0.3, -0.25) is 0 Å². The Balaban J connectivity index is 2.06. The third kappa shape index (κ3) is 3.25. The lowest BCUT2D eigenvalue weighted by molar-refractivity contribution is 0.408. The normalized spacial score (nSPS) is 12.3. The maximum absolute atomic E-state index is 13.5. The fraction of sp³-hybridized carbons (Fsp3) is 0.118. The number of hydrogen-bond acceptors (Lipinski definition) is 3. The van der Waals surface area contributed by atoms with Crippen LogP contribution in [0.4, 0.5) is 8.78 Å². The summed E-state index contributed by atoms with van der Waals surface area (Å²) in [6, 6.07) is 10.4. The van der Waals surface area contributed by atoms with E-state index in [1.807, 2.05) is 12.1 Å². The largest absolute Gasteiger partial charge is 0.364 e. The SMILES string of the molecule is NC[C@H](c1cc(F)cc(F)c1)c1nocc1-c1ccc(Cl)cc1. The van der Waals surface area contributed by atoms with Gasteiger partial charge in [0.1, 0.15) is 23.6 Å². The molecule has 3 rings (SSSR count). The summed E-state index contributed by atoms with van der Waals surface area (Å²) >= 11 is 5.89. The topological polar surface area (TPSA) is 52.0 Å². The van der Waals surface area contributed by atoms with Crippen molar-refractivity contribution in [3.8, 4) is 11.1 Å². The van der Waals surface area contributed by atoms with E-state index in [0.29, 0.717) is 21.8 Å². The smallest absolute Gasteiger partial charge is 0.131 e. The van der Waals surface area contributed by atoms with Gasteiger partial charge in [-0.2, -0.15) is 0 Å². The molecule has 0 bridgehead atoms. The predicted octanol–water partition coefficient (Wildman–Crippen LogP) is 4.36. The molecule has 23 heavy (non-hydrogen) atoms. The molecule has 1 aromatic heterocycles. The Kier molecular flexibility index (Phi) is 4.41. The van der Waals surface area contributed by atoms with Crippen LogP contribution in [0.1, 0.15) is 17.2 Å². The molecule has 6 heteroatoms. The minimum absolute atomic E-state index is 0.135. The molecule has 2 aromatic carbocycles. The van der Waals surface area contributed by atoms with Crippen molar-refractivity contribution < 1.29 is 13.3 Å². The standard InChI is InChI=1S/C17H13ClF2N2O/c18-12-3-1-10(2-4-12)16-9-23-22-17(16)15(8-21)11-5-13(19)7-14(20)6-11/h1-7,9,15H,8,21H2/t15-/m1/s1. The summed E-state index contributed by atoms with van der Waals surface area (Å²) in [5.41, 5.74) is 8.30. The van der Waals surface area contributed by atoms with Crippen molar-refractivity contribution in [3.05, 3.63) is 76.6 Å². The van der Waals surface area contributed by atoms with Crippen LogP contribution in [-0.2, 0) is 0 Å². The molecule has 0 aliphatic carbocycles. The van der Waals surface area contributed by atoms with Gasteiger partial charge in [-0.1, -0.05) is 28.9 Å². The lowest BCUT2D eigenvalue weighted by Crippen LogP contribution is -2.15. The summed E-state index contributed by atoms with van der Waals surface area (Å²) < 4.78 is 32.1. The lowest BCUT2D eigenvalue weighted by atomic mass is 9.91. The zero-order chi connectivity index (χ0) is 16.4. The molecule has 2 N–H and O–H groups in total. The van der Waals surface area contributed by atoms with Gasteiger partial charge in [0.15, 0.2) is 0 Å². The van der Waals surface area contributed by atoms with Crippen LogP contribution >= 0.6 is 11.6 Å². The fourth-order valence-electron chi connectivity index (χ4n) is 2.52. The summed E-state index contributed by atoms with van der Waals surface area (Å²) in [5.74, 6) is -1.80. The molecule has 0 spiro atoms. The summed E-state index contributed by atoms with van der Waals surface area (Å²) in [7, 11) is 0. The molecule has 3 aromatic rings. The van der Waals surface area contributed by atoms with E-state index in [9.17, 15) is 8.78 Å². The van der Waals surface area contributed by atoms with Crippen molar-refractivity contribution in [2.45, 2.75) is 5.92 Å². The lowest BCUT2D eigenvalue weighted by Gasteiger charge is -2.14. The van der Waals surface area contributed by atoms with Crippen LogP contribution in [0.5, 0.6) is 0 Å². The zero-order valence-electron chi connectivity index (χ0n) is 12.0. The van der Waals surface area contributed by atoms with Crippen LogP contribution in [0, 0.1) is 11.6 Å². The molecule has 1 atom stereocenters. The van der Waals surface area contributed by atoms with Gasteiger partial charge in [-0.25, -0.2) is 8.78 Å². The van der Waals surface area contributed by atoms with Crippen molar-refractivity contribution >= 4 is 11.6 Å². The molecular weight excluding hydrogens is 322 g/mol. The average Bonchev–Trinajstić information content (AvgIpc) is 2.97. The van der Waals surface area contributed by atoms with Crippen LogP contribution in [0.2, 0.25) is 5.02 Å². The third-order valence-corrected chi connectivity index (χ3v) is 3.86. The van der Waals surface area contributed by atoms with E-state index in [2.05, 4.69) is 5.16 Å². The first-order valence-corrected chi connectivity index (χ1v) is 7.32. The first-order chi connectivity index (χ1) is 11.1. The number of hydrogen-bond donors (Lipinski definition) is 1. The Morgan fingerprint density at radius 1 is 1.09 bits per heavy atom. The van der Waals surface area contributed by atoms with E-state index in [-0.39, 0.29) is 6.54 Å². The molecule has 118 valence electrons. The molecule has 0 radical (unpaired) electrons. The third-order valence-electron chi connectivity index (χ3n) is 3.61. The van der Waals surface area contributed by atoms with Crippen molar-refractivity contribution in [1.82, 2.24) is 5.16 Å². The maximum atomic E-state index is 13.5. The van der Waals surface area contributed by atoms with E-state index in [0.717, 1.165) is 11.6 Å². The average molecular weight is 335 g/mol. The highest BCUT2D eigenvalue weighted by Gasteiger charge is 2.22. The quantitative estimate of drug-likeness (QED) is 0.771. The highest BCUT2D eigenvalue weighted by Crippen LogP contribution is 2.33. The number of benzene rings is 2. The van der Waals surface area contributed by atoms with Gasteiger partial charge >= 0.3 is 0 Å². The molecule has 0 amide bonds. The molecule has 0 aliphatic heterocycles. The Bertz CT molecular complexity index is 797. The first kappa shape index (κ1) is 15.6. The van der Waals surface area contributed by atoms with E-state index in [4.69, 9.17) is 21.9 Å². The van der Waals surface area contributed by atoms with Crippen LogP contribution < -0.4 is 5.73 Å². The minimum Gasteiger partial charge on any atom is -0.364 e. The maximum Gasteiger partial charge on any atom is 0.131 e. The monoisotopic (exact) mass is 334 g/mol. The molecular formula is C17H13ClF2N2O. The molecule has 0 saturated carbocycles.